The van der Waals surface area contributed by atoms with Crippen molar-refractivity contribution in [3.8, 4) is 0 Å². The number of hydrogen-bond acceptors (Lipinski definition) is 6. The molecule has 6 heteroatoms. The van der Waals surface area contributed by atoms with E-state index in [0.29, 0.717) is 19.1 Å². The van der Waals surface area contributed by atoms with Crippen molar-refractivity contribution in [1.82, 2.24) is 0 Å². The predicted molar refractivity (Wildman–Crippen MR) is 96.8 cm³/mol. The van der Waals surface area contributed by atoms with Gasteiger partial charge in [0, 0.05) is 0 Å². The Hall–Kier alpha value is -1.60. The summed E-state index contributed by atoms with van der Waals surface area (Å²) < 4.78 is 0. The number of ketones is 1. The molecule has 140 valence electrons. The summed E-state index contributed by atoms with van der Waals surface area (Å²) in [6.45, 7) is 3.12. The van der Waals surface area contributed by atoms with E-state index in [0.717, 1.165) is 5.56 Å². The average Bonchev–Trinajstić information content (AvgIpc) is 2.63. The van der Waals surface area contributed by atoms with E-state index in [9.17, 15) is 14.7 Å². The number of aliphatic hydroxyl groups excluding tert-OH is 2. The Morgan fingerprint density at radius 3 is 2.36 bits per heavy atom. The highest BCUT2D eigenvalue weighted by Crippen LogP contribution is 2.27. The SMILES string of the molecule is CC(C)C(N)C(=O)C(N)(C=O)C(CCc1ccccc1)C[C@H](O)CO. The summed E-state index contributed by atoms with van der Waals surface area (Å²) in [5.74, 6) is -1.31. The van der Waals surface area contributed by atoms with Crippen molar-refractivity contribution >= 4 is 12.1 Å². The van der Waals surface area contributed by atoms with Gasteiger partial charge in [0.15, 0.2) is 5.78 Å². The Kier molecular flexibility index (Phi) is 8.38. The van der Waals surface area contributed by atoms with Crippen molar-refractivity contribution in [3.05, 3.63) is 35.9 Å². The molecule has 0 heterocycles. The summed E-state index contributed by atoms with van der Waals surface area (Å²) in [6.07, 6.45) is 0.465. The first-order chi connectivity index (χ1) is 11.8. The van der Waals surface area contributed by atoms with Gasteiger partial charge in [0.1, 0.15) is 11.8 Å². The highest BCUT2D eigenvalue weighted by atomic mass is 16.3. The van der Waals surface area contributed by atoms with Crippen molar-refractivity contribution in [2.24, 2.45) is 23.3 Å². The van der Waals surface area contributed by atoms with Crippen LogP contribution in [0.2, 0.25) is 0 Å². The molecule has 0 aliphatic rings. The van der Waals surface area contributed by atoms with Gasteiger partial charge in [-0.2, -0.15) is 0 Å². The monoisotopic (exact) mass is 350 g/mol. The van der Waals surface area contributed by atoms with Crippen LogP contribution >= 0.6 is 0 Å². The van der Waals surface area contributed by atoms with Gasteiger partial charge in [0.05, 0.1) is 18.8 Å². The smallest absolute Gasteiger partial charge is 0.177 e. The van der Waals surface area contributed by atoms with Gasteiger partial charge in [-0.15, -0.1) is 0 Å². The molecule has 4 atom stereocenters. The lowest BCUT2D eigenvalue weighted by Gasteiger charge is -2.35. The predicted octanol–water partition coefficient (Wildman–Crippen LogP) is 0.428. The first-order valence-electron chi connectivity index (χ1n) is 8.64. The van der Waals surface area contributed by atoms with E-state index < -0.39 is 36.0 Å². The number of benzene rings is 1. The number of rotatable bonds is 11. The van der Waals surface area contributed by atoms with Crippen LogP contribution in [0.25, 0.3) is 0 Å². The molecule has 3 unspecified atom stereocenters. The van der Waals surface area contributed by atoms with Gasteiger partial charge in [-0.1, -0.05) is 44.2 Å². The number of nitrogens with two attached hydrogens (primary N) is 2. The second-order valence-electron chi connectivity index (χ2n) is 6.98. The summed E-state index contributed by atoms with van der Waals surface area (Å²) in [4.78, 5) is 24.5. The van der Waals surface area contributed by atoms with Crippen molar-refractivity contribution in [3.63, 3.8) is 0 Å². The fraction of sp³-hybridized carbons (Fsp3) is 0.579. The Morgan fingerprint density at radius 1 is 1.28 bits per heavy atom. The molecule has 1 rings (SSSR count). The fourth-order valence-electron chi connectivity index (χ4n) is 2.89. The van der Waals surface area contributed by atoms with Crippen LogP contribution in [0.5, 0.6) is 0 Å². The van der Waals surface area contributed by atoms with E-state index in [4.69, 9.17) is 16.6 Å². The number of aryl methyl sites for hydroxylation is 1. The highest BCUT2D eigenvalue weighted by Gasteiger charge is 2.45. The van der Waals surface area contributed by atoms with Crippen LogP contribution in [0.3, 0.4) is 0 Å². The quantitative estimate of drug-likeness (QED) is 0.338. The van der Waals surface area contributed by atoms with Gasteiger partial charge in [0.2, 0.25) is 0 Å². The number of carbonyl (C=O) groups is 2. The third-order valence-electron chi connectivity index (χ3n) is 4.71. The molecule has 0 amide bonds. The molecule has 0 saturated heterocycles. The molecule has 0 bridgehead atoms. The first kappa shape index (κ1) is 21.4. The summed E-state index contributed by atoms with van der Waals surface area (Å²) >= 11 is 0. The number of carbonyl (C=O) groups excluding carboxylic acids is 2. The number of hydrogen-bond donors (Lipinski definition) is 4. The minimum atomic E-state index is -1.78. The summed E-state index contributed by atoms with van der Waals surface area (Å²) in [6, 6.07) is 8.74. The Balaban J connectivity index is 3.04. The molecule has 25 heavy (non-hydrogen) atoms. The van der Waals surface area contributed by atoms with Gasteiger partial charge in [-0.05, 0) is 36.7 Å². The third kappa shape index (κ3) is 5.71. The number of aldehydes is 1. The van der Waals surface area contributed by atoms with Gasteiger partial charge in [-0.3, -0.25) is 4.79 Å². The zero-order valence-corrected chi connectivity index (χ0v) is 15.0. The van der Waals surface area contributed by atoms with Crippen LogP contribution < -0.4 is 11.5 Å². The fourth-order valence-corrected chi connectivity index (χ4v) is 2.89. The zero-order chi connectivity index (χ0) is 19.0. The lowest BCUT2D eigenvalue weighted by molar-refractivity contribution is -0.134. The Morgan fingerprint density at radius 2 is 1.88 bits per heavy atom. The number of Topliss-reactive ketones (excluding diaryl/α,β-unsaturated/α-hetero) is 1. The van der Waals surface area contributed by atoms with Crippen molar-refractivity contribution in [2.45, 2.75) is 50.8 Å². The van der Waals surface area contributed by atoms with Crippen LogP contribution in [-0.2, 0) is 16.0 Å². The van der Waals surface area contributed by atoms with Crippen LogP contribution in [0.4, 0.5) is 0 Å². The van der Waals surface area contributed by atoms with Crippen LogP contribution in [0, 0.1) is 11.8 Å². The molecule has 0 aromatic heterocycles. The van der Waals surface area contributed by atoms with Crippen LogP contribution in [0.1, 0.15) is 32.3 Å². The molecular weight excluding hydrogens is 320 g/mol. The normalized spacial score (nSPS) is 17.6. The molecule has 1 aromatic carbocycles. The van der Waals surface area contributed by atoms with E-state index in [-0.39, 0.29) is 12.3 Å². The second kappa shape index (κ2) is 9.77. The van der Waals surface area contributed by atoms with E-state index in [1.54, 1.807) is 13.8 Å². The largest absolute Gasteiger partial charge is 0.394 e. The maximum atomic E-state index is 12.7. The summed E-state index contributed by atoms with van der Waals surface area (Å²) in [5.41, 5.74) is 11.4. The molecule has 6 nitrogen and oxygen atoms in total. The lowest BCUT2D eigenvalue weighted by Crippen LogP contribution is -2.62. The van der Waals surface area contributed by atoms with E-state index in [2.05, 4.69) is 0 Å². The zero-order valence-electron chi connectivity index (χ0n) is 15.0. The van der Waals surface area contributed by atoms with Gasteiger partial charge in [0.25, 0.3) is 0 Å². The molecular formula is C19H30N2O4. The van der Waals surface area contributed by atoms with Crippen molar-refractivity contribution in [1.29, 1.82) is 0 Å². The molecule has 6 N–H and O–H groups in total. The van der Waals surface area contributed by atoms with Crippen LogP contribution in [-0.4, -0.2) is 46.6 Å². The molecule has 0 fully saturated rings. The number of aliphatic hydroxyl groups is 2. The molecule has 0 radical (unpaired) electrons. The Labute approximate surface area is 149 Å². The third-order valence-corrected chi connectivity index (χ3v) is 4.71. The molecule has 1 aromatic rings. The molecule has 0 aliphatic heterocycles. The summed E-state index contributed by atoms with van der Waals surface area (Å²) in [7, 11) is 0. The minimum absolute atomic E-state index is 0.0507. The second-order valence-corrected chi connectivity index (χ2v) is 6.98. The molecule has 0 aliphatic carbocycles. The lowest BCUT2D eigenvalue weighted by atomic mass is 9.73. The van der Waals surface area contributed by atoms with Gasteiger partial charge < -0.3 is 26.5 Å². The van der Waals surface area contributed by atoms with E-state index in [1.165, 1.54) is 0 Å². The molecule has 0 saturated carbocycles. The van der Waals surface area contributed by atoms with Crippen molar-refractivity contribution in [2.75, 3.05) is 6.61 Å². The van der Waals surface area contributed by atoms with Crippen LogP contribution in [0.15, 0.2) is 30.3 Å². The van der Waals surface area contributed by atoms with Gasteiger partial charge in [-0.25, -0.2) is 0 Å². The van der Waals surface area contributed by atoms with E-state index >= 15 is 0 Å². The standard InChI is InChI=1S/C19H30N2O4/c1-13(2)17(20)18(25)19(21,12-23)15(10-16(24)11-22)9-8-14-6-4-3-5-7-14/h3-7,12-13,15-17,22,24H,8-11,20-21H2,1-2H3/t15?,16-,17?,19?/m0/s1. The minimum Gasteiger partial charge on any atom is -0.394 e. The maximum Gasteiger partial charge on any atom is 0.177 e. The van der Waals surface area contributed by atoms with E-state index in [1.807, 2.05) is 30.3 Å². The Bertz CT molecular complexity index is 550. The van der Waals surface area contributed by atoms with Gasteiger partial charge >= 0.3 is 0 Å². The first-order valence-corrected chi connectivity index (χ1v) is 8.64. The van der Waals surface area contributed by atoms with Crippen molar-refractivity contribution < 1.29 is 19.8 Å². The molecule has 0 spiro atoms. The topological polar surface area (TPSA) is 127 Å². The summed E-state index contributed by atoms with van der Waals surface area (Å²) in [5, 5.41) is 19.0. The average molecular weight is 350 g/mol. The maximum absolute atomic E-state index is 12.7. The highest BCUT2D eigenvalue weighted by molar-refractivity contribution is 6.05.